The van der Waals surface area contributed by atoms with Crippen LogP contribution < -0.4 is 5.32 Å². The van der Waals surface area contributed by atoms with E-state index in [9.17, 15) is 4.79 Å². The molecule has 4 heteroatoms. The van der Waals surface area contributed by atoms with Crippen LogP contribution in [-0.2, 0) is 17.9 Å². The maximum atomic E-state index is 12.1. The Morgan fingerprint density at radius 1 is 1.21 bits per heavy atom. The van der Waals surface area contributed by atoms with E-state index in [1.165, 1.54) is 29.4 Å². The van der Waals surface area contributed by atoms with Gasteiger partial charge in [0.1, 0.15) is 0 Å². The summed E-state index contributed by atoms with van der Waals surface area (Å²) in [6.07, 6.45) is 6.87. The fourth-order valence-corrected chi connectivity index (χ4v) is 3.05. The Morgan fingerprint density at radius 2 is 2.08 bits per heavy atom. The molecule has 1 aliphatic rings. The van der Waals surface area contributed by atoms with Crippen LogP contribution in [0.2, 0.25) is 0 Å². The Kier molecular flexibility index (Phi) is 4.03. The number of aromatic nitrogens is 2. The number of amides is 1. The third kappa shape index (κ3) is 3.32. The molecule has 2 heterocycles. The van der Waals surface area contributed by atoms with Gasteiger partial charge in [-0.2, -0.15) is 0 Å². The van der Waals surface area contributed by atoms with Crippen LogP contribution in [0.15, 0.2) is 54.9 Å². The van der Waals surface area contributed by atoms with Crippen LogP contribution in [-0.4, -0.2) is 15.5 Å². The van der Waals surface area contributed by atoms with Gasteiger partial charge in [0, 0.05) is 49.0 Å². The predicted octanol–water partition coefficient (Wildman–Crippen LogP) is 3.62. The molecule has 3 aromatic rings. The predicted molar refractivity (Wildman–Crippen MR) is 94.6 cm³/mol. The summed E-state index contributed by atoms with van der Waals surface area (Å²) in [5.41, 5.74) is 3.47. The number of fused-ring (bicyclic) bond motifs is 1. The summed E-state index contributed by atoms with van der Waals surface area (Å²) in [6, 6.07) is 14.4. The van der Waals surface area contributed by atoms with E-state index in [1.807, 2.05) is 30.6 Å². The van der Waals surface area contributed by atoms with Gasteiger partial charge in [-0.25, -0.2) is 0 Å². The maximum absolute atomic E-state index is 12.1. The Balaban J connectivity index is 1.31. The molecular formula is C20H21N3O. The van der Waals surface area contributed by atoms with Crippen LogP contribution in [0.3, 0.4) is 0 Å². The van der Waals surface area contributed by atoms with Crippen molar-refractivity contribution < 1.29 is 4.79 Å². The molecule has 4 nitrogen and oxygen atoms in total. The number of benzene rings is 1. The van der Waals surface area contributed by atoms with Crippen LogP contribution >= 0.6 is 0 Å². The zero-order valence-corrected chi connectivity index (χ0v) is 13.6. The van der Waals surface area contributed by atoms with E-state index in [0.717, 1.165) is 5.56 Å². The minimum Gasteiger partial charge on any atom is -0.352 e. The van der Waals surface area contributed by atoms with E-state index in [2.05, 4.69) is 39.1 Å². The normalized spacial score (nSPS) is 14.0. The summed E-state index contributed by atoms with van der Waals surface area (Å²) in [5, 5.41) is 4.23. The van der Waals surface area contributed by atoms with E-state index in [0.29, 0.717) is 25.4 Å². The smallest absolute Gasteiger partial charge is 0.222 e. The molecule has 2 aromatic heterocycles. The number of nitrogens with zero attached hydrogens (tertiary/aromatic N) is 2. The summed E-state index contributed by atoms with van der Waals surface area (Å²) >= 11 is 0. The van der Waals surface area contributed by atoms with Gasteiger partial charge in [-0.3, -0.25) is 9.78 Å². The molecule has 1 amide bonds. The highest BCUT2D eigenvalue weighted by molar-refractivity contribution is 5.80. The molecule has 122 valence electrons. The van der Waals surface area contributed by atoms with Gasteiger partial charge >= 0.3 is 0 Å². The number of para-hydroxylation sites is 1. The van der Waals surface area contributed by atoms with Gasteiger partial charge < -0.3 is 9.88 Å². The summed E-state index contributed by atoms with van der Waals surface area (Å²) in [7, 11) is 0. The molecule has 1 aromatic carbocycles. The topological polar surface area (TPSA) is 46.9 Å². The first-order chi connectivity index (χ1) is 11.8. The standard InChI is InChI=1S/C20H21N3O/c24-20(9-12-23-11-8-17-3-1-2-4-19(17)23)22-14-15-7-10-21-18(13-15)16-5-6-16/h1-4,7-8,10-11,13,16H,5-6,9,12,14H2,(H,22,24). The first-order valence-corrected chi connectivity index (χ1v) is 8.55. The van der Waals surface area contributed by atoms with Crippen molar-refractivity contribution in [3.8, 4) is 0 Å². The zero-order chi connectivity index (χ0) is 16.4. The first-order valence-electron chi connectivity index (χ1n) is 8.55. The van der Waals surface area contributed by atoms with Crippen molar-refractivity contribution in [2.24, 2.45) is 0 Å². The highest BCUT2D eigenvalue weighted by Crippen LogP contribution is 2.38. The van der Waals surface area contributed by atoms with Crippen molar-refractivity contribution >= 4 is 16.8 Å². The fraction of sp³-hybridized carbons (Fsp3) is 0.300. The van der Waals surface area contributed by atoms with Gasteiger partial charge in [0.05, 0.1) is 0 Å². The average Bonchev–Trinajstić information content (AvgIpc) is 3.39. The highest BCUT2D eigenvalue weighted by Gasteiger charge is 2.24. The van der Waals surface area contributed by atoms with Crippen molar-refractivity contribution in [2.75, 3.05) is 0 Å². The molecule has 0 spiro atoms. The largest absolute Gasteiger partial charge is 0.352 e. The highest BCUT2D eigenvalue weighted by atomic mass is 16.1. The van der Waals surface area contributed by atoms with E-state index in [4.69, 9.17) is 0 Å². The van der Waals surface area contributed by atoms with Crippen molar-refractivity contribution in [3.05, 3.63) is 66.1 Å². The summed E-state index contributed by atoms with van der Waals surface area (Å²) < 4.78 is 2.13. The van der Waals surface area contributed by atoms with Crippen LogP contribution in [0.5, 0.6) is 0 Å². The molecule has 24 heavy (non-hydrogen) atoms. The molecule has 0 atom stereocenters. The molecule has 0 radical (unpaired) electrons. The zero-order valence-electron chi connectivity index (χ0n) is 13.6. The molecule has 1 N–H and O–H groups in total. The molecule has 1 fully saturated rings. The Bertz CT molecular complexity index is 864. The van der Waals surface area contributed by atoms with E-state index in [1.54, 1.807) is 0 Å². The number of carbonyl (C=O) groups is 1. The van der Waals surface area contributed by atoms with Crippen LogP contribution in [0.25, 0.3) is 10.9 Å². The van der Waals surface area contributed by atoms with E-state index >= 15 is 0 Å². The Morgan fingerprint density at radius 3 is 2.96 bits per heavy atom. The lowest BCUT2D eigenvalue weighted by Gasteiger charge is -2.08. The van der Waals surface area contributed by atoms with Crippen molar-refractivity contribution in [3.63, 3.8) is 0 Å². The van der Waals surface area contributed by atoms with Gasteiger partial charge in [0.2, 0.25) is 5.91 Å². The maximum Gasteiger partial charge on any atom is 0.222 e. The van der Waals surface area contributed by atoms with Crippen molar-refractivity contribution in [1.82, 2.24) is 14.9 Å². The van der Waals surface area contributed by atoms with E-state index in [-0.39, 0.29) is 5.91 Å². The van der Waals surface area contributed by atoms with Gasteiger partial charge in [-0.15, -0.1) is 0 Å². The number of rotatable bonds is 6. The lowest BCUT2D eigenvalue weighted by atomic mass is 10.2. The number of hydrogen-bond donors (Lipinski definition) is 1. The Hall–Kier alpha value is -2.62. The second-order valence-electron chi connectivity index (χ2n) is 6.46. The average molecular weight is 319 g/mol. The third-order valence-corrected chi connectivity index (χ3v) is 4.59. The lowest BCUT2D eigenvalue weighted by Crippen LogP contribution is -2.23. The minimum atomic E-state index is 0.0811. The van der Waals surface area contributed by atoms with Crippen molar-refractivity contribution in [2.45, 2.75) is 38.3 Å². The van der Waals surface area contributed by atoms with Gasteiger partial charge in [-0.1, -0.05) is 18.2 Å². The van der Waals surface area contributed by atoms with Gasteiger partial charge in [0.15, 0.2) is 0 Å². The molecular weight excluding hydrogens is 298 g/mol. The molecule has 0 aliphatic heterocycles. The molecule has 0 unspecified atom stereocenters. The van der Waals surface area contributed by atoms with Gasteiger partial charge in [0.25, 0.3) is 0 Å². The first kappa shape index (κ1) is 14.9. The second kappa shape index (κ2) is 6.48. The second-order valence-corrected chi connectivity index (χ2v) is 6.46. The summed E-state index contributed by atoms with van der Waals surface area (Å²) in [4.78, 5) is 16.6. The number of hydrogen-bond acceptors (Lipinski definition) is 2. The van der Waals surface area contributed by atoms with Gasteiger partial charge in [-0.05, 0) is 48.1 Å². The van der Waals surface area contributed by atoms with Crippen LogP contribution in [0, 0.1) is 0 Å². The number of carbonyl (C=O) groups excluding carboxylic acids is 1. The number of aryl methyl sites for hydroxylation is 1. The van der Waals surface area contributed by atoms with E-state index < -0.39 is 0 Å². The Labute approximate surface area is 141 Å². The summed E-state index contributed by atoms with van der Waals surface area (Å²) in [6.45, 7) is 1.27. The number of nitrogens with one attached hydrogen (secondary N) is 1. The van der Waals surface area contributed by atoms with Crippen LogP contribution in [0.1, 0.15) is 36.4 Å². The molecule has 1 aliphatic carbocycles. The molecule has 0 bridgehead atoms. The van der Waals surface area contributed by atoms with Crippen molar-refractivity contribution in [1.29, 1.82) is 0 Å². The summed E-state index contributed by atoms with van der Waals surface area (Å²) in [5.74, 6) is 0.722. The fourth-order valence-electron chi connectivity index (χ4n) is 3.05. The third-order valence-electron chi connectivity index (χ3n) is 4.59. The number of pyridine rings is 1. The van der Waals surface area contributed by atoms with Crippen LogP contribution in [0.4, 0.5) is 0 Å². The monoisotopic (exact) mass is 319 g/mol. The lowest BCUT2D eigenvalue weighted by molar-refractivity contribution is -0.121. The molecule has 1 saturated carbocycles. The quantitative estimate of drug-likeness (QED) is 0.754. The molecule has 4 rings (SSSR count). The minimum absolute atomic E-state index is 0.0811. The molecule has 0 saturated heterocycles. The SMILES string of the molecule is O=C(CCn1ccc2ccccc21)NCc1ccnc(C2CC2)c1.